The summed E-state index contributed by atoms with van der Waals surface area (Å²) in [5.41, 5.74) is 0.823. The lowest BCUT2D eigenvalue weighted by Crippen LogP contribution is -2.40. The Hall–Kier alpha value is -0.340. The van der Waals surface area contributed by atoms with Crippen molar-refractivity contribution in [1.82, 2.24) is 0 Å². The highest BCUT2D eigenvalue weighted by atomic mass is 32.1. The summed E-state index contributed by atoms with van der Waals surface area (Å²) in [7, 11) is 0. The highest BCUT2D eigenvalue weighted by Crippen LogP contribution is 2.49. The smallest absolute Gasteiger partial charge is 0.0914 e. The molecule has 0 bridgehead atoms. The highest BCUT2D eigenvalue weighted by Gasteiger charge is 2.43. The Morgan fingerprint density at radius 3 is 2.56 bits per heavy atom. The average Bonchev–Trinajstić information content (AvgIpc) is 2.46. The molecule has 90 valence electrons. The summed E-state index contributed by atoms with van der Waals surface area (Å²) in [5.74, 6) is 0.605. The van der Waals surface area contributed by atoms with E-state index >= 15 is 0 Å². The van der Waals surface area contributed by atoms with Gasteiger partial charge in [-0.25, -0.2) is 0 Å². The van der Waals surface area contributed by atoms with Gasteiger partial charge in [0.25, 0.3) is 0 Å². The van der Waals surface area contributed by atoms with Crippen LogP contribution in [0, 0.1) is 18.3 Å². The third-order valence-corrected chi connectivity index (χ3v) is 4.56. The average molecular weight is 238 g/mol. The molecule has 1 aliphatic carbocycles. The van der Waals surface area contributed by atoms with Crippen molar-refractivity contribution in [3.63, 3.8) is 0 Å². The van der Waals surface area contributed by atoms with E-state index in [1.165, 1.54) is 11.3 Å². The van der Waals surface area contributed by atoms with Gasteiger partial charge in [-0.05, 0) is 54.5 Å². The zero-order valence-electron chi connectivity index (χ0n) is 10.7. The molecule has 1 saturated carbocycles. The lowest BCUT2D eigenvalue weighted by atomic mass is 9.64. The normalized spacial score (nSPS) is 33.9. The van der Waals surface area contributed by atoms with E-state index in [1.807, 2.05) is 0 Å². The molecule has 2 heteroatoms. The summed E-state index contributed by atoms with van der Waals surface area (Å²) in [4.78, 5) is 1.27. The SMILES string of the molecule is Cc1sccc1C1(O)CC(C)CC(C)(C)C1. The molecule has 2 atom stereocenters. The molecule has 16 heavy (non-hydrogen) atoms. The second kappa shape index (κ2) is 3.85. The van der Waals surface area contributed by atoms with Crippen molar-refractivity contribution >= 4 is 11.3 Å². The Bertz CT molecular complexity index is 380. The molecule has 1 aromatic rings. The van der Waals surface area contributed by atoms with Gasteiger partial charge in [-0.15, -0.1) is 11.3 Å². The molecule has 1 fully saturated rings. The molecule has 0 saturated heterocycles. The summed E-state index contributed by atoms with van der Waals surface area (Å²) in [6.07, 6.45) is 3.02. The van der Waals surface area contributed by atoms with E-state index in [-0.39, 0.29) is 5.41 Å². The molecule has 1 heterocycles. The van der Waals surface area contributed by atoms with Gasteiger partial charge >= 0.3 is 0 Å². The van der Waals surface area contributed by atoms with Gasteiger partial charge in [0, 0.05) is 4.88 Å². The monoisotopic (exact) mass is 238 g/mol. The fourth-order valence-corrected chi connectivity index (χ4v) is 4.39. The van der Waals surface area contributed by atoms with Gasteiger partial charge < -0.3 is 5.11 Å². The standard InChI is InChI=1S/C14H22OS/c1-10-7-13(3,4)9-14(15,8-10)12-5-6-16-11(12)2/h5-6,10,15H,7-9H2,1-4H3. The molecule has 0 radical (unpaired) electrons. The molecule has 1 N–H and O–H groups in total. The predicted octanol–water partition coefficient (Wildman–Crippen LogP) is 4.09. The number of aliphatic hydroxyl groups is 1. The summed E-state index contributed by atoms with van der Waals surface area (Å²) in [5, 5.41) is 13.0. The fourth-order valence-electron chi connectivity index (χ4n) is 3.60. The molecule has 0 aromatic carbocycles. The number of rotatable bonds is 1. The van der Waals surface area contributed by atoms with Crippen LogP contribution in [0.15, 0.2) is 11.4 Å². The van der Waals surface area contributed by atoms with Crippen LogP contribution < -0.4 is 0 Å². The van der Waals surface area contributed by atoms with Crippen LogP contribution in [0.2, 0.25) is 0 Å². The van der Waals surface area contributed by atoms with Crippen LogP contribution in [-0.2, 0) is 5.60 Å². The van der Waals surface area contributed by atoms with Crippen LogP contribution in [0.5, 0.6) is 0 Å². The van der Waals surface area contributed by atoms with Crippen molar-refractivity contribution in [2.24, 2.45) is 11.3 Å². The lowest BCUT2D eigenvalue weighted by Gasteiger charge is -2.45. The first-order valence-electron chi connectivity index (χ1n) is 6.09. The van der Waals surface area contributed by atoms with E-state index in [0.29, 0.717) is 5.92 Å². The first-order chi connectivity index (χ1) is 7.32. The van der Waals surface area contributed by atoms with E-state index in [0.717, 1.165) is 18.4 Å². The van der Waals surface area contributed by atoms with Crippen LogP contribution in [0.25, 0.3) is 0 Å². The third kappa shape index (κ3) is 2.18. The van der Waals surface area contributed by atoms with Gasteiger partial charge in [-0.3, -0.25) is 0 Å². The zero-order chi connectivity index (χ0) is 12.0. The molecule has 1 aromatic heterocycles. The molecule has 0 amide bonds. The Balaban J connectivity index is 2.34. The van der Waals surface area contributed by atoms with Crippen LogP contribution in [0.3, 0.4) is 0 Å². The van der Waals surface area contributed by atoms with Gasteiger partial charge in [-0.2, -0.15) is 0 Å². The maximum Gasteiger partial charge on any atom is 0.0914 e. The van der Waals surface area contributed by atoms with Crippen LogP contribution >= 0.6 is 11.3 Å². The Labute approximate surface area is 103 Å². The van der Waals surface area contributed by atoms with E-state index in [1.54, 1.807) is 11.3 Å². The Kier molecular flexibility index (Phi) is 2.92. The van der Waals surface area contributed by atoms with Crippen molar-refractivity contribution in [3.8, 4) is 0 Å². The van der Waals surface area contributed by atoms with E-state index in [4.69, 9.17) is 0 Å². The maximum absolute atomic E-state index is 10.9. The molecular weight excluding hydrogens is 216 g/mol. The van der Waals surface area contributed by atoms with Gasteiger partial charge in [0.2, 0.25) is 0 Å². The second-order valence-electron chi connectivity index (χ2n) is 6.28. The lowest BCUT2D eigenvalue weighted by molar-refractivity contribution is -0.0635. The summed E-state index contributed by atoms with van der Waals surface area (Å²) in [6, 6.07) is 2.11. The van der Waals surface area contributed by atoms with Gasteiger partial charge in [-0.1, -0.05) is 20.8 Å². The minimum atomic E-state index is -0.592. The highest BCUT2D eigenvalue weighted by molar-refractivity contribution is 7.10. The predicted molar refractivity (Wildman–Crippen MR) is 69.7 cm³/mol. The Morgan fingerprint density at radius 2 is 2.06 bits per heavy atom. The molecule has 2 unspecified atom stereocenters. The molecule has 0 spiro atoms. The molecule has 1 nitrogen and oxygen atoms in total. The van der Waals surface area contributed by atoms with Gasteiger partial charge in [0.15, 0.2) is 0 Å². The molecular formula is C14H22OS. The maximum atomic E-state index is 10.9. The minimum absolute atomic E-state index is 0.251. The van der Waals surface area contributed by atoms with Crippen LogP contribution in [0.1, 0.15) is 50.5 Å². The first kappa shape index (κ1) is 12.1. The van der Waals surface area contributed by atoms with Gasteiger partial charge in [0.1, 0.15) is 0 Å². The van der Waals surface area contributed by atoms with Gasteiger partial charge in [0.05, 0.1) is 5.60 Å². The van der Waals surface area contributed by atoms with Crippen molar-refractivity contribution < 1.29 is 5.11 Å². The third-order valence-electron chi connectivity index (χ3n) is 3.72. The minimum Gasteiger partial charge on any atom is -0.385 e. The van der Waals surface area contributed by atoms with E-state index < -0.39 is 5.60 Å². The number of hydrogen-bond acceptors (Lipinski definition) is 2. The summed E-state index contributed by atoms with van der Waals surface area (Å²) in [6.45, 7) is 8.92. The molecule has 0 aliphatic heterocycles. The summed E-state index contributed by atoms with van der Waals surface area (Å²) >= 11 is 1.74. The first-order valence-corrected chi connectivity index (χ1v) is 6.97. The summed E-state index contributed by atoms with van der Waals surface area (Å²) < 4.78 is 0. The van der Waals surface area contributed by atoms with Crippen molar-refractivity contribution in [1.29, 1.82) is 0 Å². The second-order valence-corrected chi connectivity index (χ2v) is 7.40. The van der Waals surface area contributed by atoms with Crippen molar-refractivity contribution in [2.75, 3.05) is 0 Å². The van der Waals surface area contributed by atoms with Crippen LogP contribution in [-0.4, -0.2) is 5.11 Å². The topological polar surface area (TPSA) is 20.2 Å². The molecule has 1 aliphatic rings. The largest absolute Gasteiger partial charge is 0.385 e. The van der Waals surface area contributed by atoms with Crippen molar-refractivity contribution in [3.05, 3.63) is 21.9 Å². The number of hydrogen-bond donors (Lipinski definition) is 1. The number of thiophene rings is 1. The van der Waals surface area contributed by atoms with E-state index in [2.05, 4.69) is 39.1 Å². The van der Waals surface area contributed by atoms with Crippen LogP contribution in [0.4, 0.5) is 0 Å². The van der Waals surface area contributed by atoms with Crippen molar-refractivity contribution in [2.45, 2.75) is 52.6 Å². The Morgan fingerprint density at radius 1 is 1.38 bits per heavy atom. The number of aryl methyl sites for hydroxylation is 1. The van der Waals surface area contributed by atoms with E-state index in [9.17, 15) is 5.11 Å². The fraction of sp³-hybridized carbons (Fsp3) is 0.714. The zero-order valence-corrected chi connectivity index (χ0v) is 11.5. The quantitative estimate of drug-likeness (QED) is 0.781. The molecule has 2 rings (SSSR count).